The first-order valence-electron chi connectivity index (χ1n) is 5.73. The molecular formula is C12H16BrClN2. The molecule has 0 spiro atoms. The first-order valence-corrected chi connectivity index (χ1v) is 6.96. The average Bonchev–Trinajstić information content (AvgIpc) is 2.28. The van der Waals surface area contributed by atoms with E-state index in [0.29, 0.717) is 11.3 Å². The Morgan fingerprint density at radius 1 is 1.44 bits per heavy atom. The maximum absolute atomic E-state index is 6.16. The van der Waals surface area contributed by atoms with Crippen molar-refractivity contribution in [2.75, 3.05) is 11.9 Å². The van der Waals surface area contributed by atoms with Crippen LogP contribution < -0.4 is 5.32 Å². The van der Waals surface area contributed by atoms with Crippen LogP contribution in [0.1, 0.15) is 25.7 Å². The molecule has 1 aliphatic rings. The second-order valence-electron chi connectivity index (χ2n) is 4.37. The van der Waals surface area contributed by atoms with E-state index in [-0.39, 0.29) is 0 Å². The summed E-state index contributed by atoms with van der Waals surface area (Å²) >= 11 is 9.54. The topological polar surface area (TPSA) is 24.9 Å². The lowest BCUT2D eigenvalue weighted by atomic mass is 9.89. The SMILES string of the molecule is ClC1CCCC(CNc2ccc(Br)cn2)C1. The van der Waals surface area contributed by atoms with Gasteiger partial charge in [-0.15, -0.1) is 11.6 Å². The molecular weight excluding hydrogens is 288 g/mol. The molecule has 1 aliphatic carbocycles. The Morgan fingerprint density at radius 3 is 3.00 bits per heavy atom. The molecule has 1 fully saturated rings. The van der Waals surface area contributed by atoms with Crippen LogP contribution in [0.4, 0.5) is 5.82 Å². The first-order chi connectivity index (χ1) is 7.74. The van der Waals surface area contributed by atoms with Gasteiger partial charge >= 0.3 is 0 Å². The minimum Gasteiger partial charge on any atom is -0.370 e. The van der Waals surface area contributed by atoms with E-state index in [2.05, 4.69) is 26.2 Å². The van der Waals surface area contributed by atoms with Gasteiger partial charge in [-0.25, -0.2) is 4.98 Å². The molecule has 1 heterocycles. The van der Waals surface area contributed by atoms with Gasteiger partial charge in [0.25, 0.3) is 0 Å². The molecule has 1 saturated carbocycles. The number of nitrogens with zero attached hydrogens (tertiary/aromatic N) is 1. The summed E-state index contributed by atoms with van der Waals surface area (Å²) in [6.45, 7) is 0.984. The molecule has 1 N–H and O–H groups in total. The van der Waals surface area contributed by atoms with Crippen molar-refractivity contribution in [3.05, 3.63) is 22.8 Å². The van der Waals surface area contributed by atoms with Gasteiger partial charge in [0, 0.05) is 22.6 Å². The molecule has 16 heavy (non-hydrogen) atoms. The molecule has 1 aromatic heterocycles. The van der Waals surface area contributed by atoms with Gasteiger partial charge in [0.1, 0.15) is 5.82 Å². The van der Waals surface area contributed by atoms with Gasteiger partial charge in [0.05, 0.1) is 0 Å². The Labute approximate surface area is 110 Å². The Morgan fingerprint density at radius 2 is 2.31 bits per heavy atom. The third-order valence-electron chi connectivity index (χ3n) is 3.02. The normalized spacial score (nSPS) is 25.4. The Hall–Kier alpha value is -0.280. The highest BCUT2D eigenvalue weighted by Crippen LogP contribution is 2.27. The van der Waals surface area contributed by atoms with Crippen LogP contribution in [0.3, 0.4) is 0 Å². The number of aromatic nitrogens is 1. The minimum atomic E-state index is 0.374. The van der Waals surface area contributed by atoms with Crippen molar-refractivity contribution < 1.29 is 0 Å². The van der Waals surface area contributed by atoms with E-state index >= 15 is 0 Å². The average molecular weight is 304 g/mol. The molecule has 2 nitrogen and oxygen atoms in total. The fourth-order valence-electron chi connectivity index (χ4n) is 2.14. The Bertz CT molecular complexity index is 328. The third kappa shape index (κ3) is 3.63. The summed E-state index contributed by atoms with van der Waals surface area (Å²) in [7, 11) is 0. The molecule has 0 bridgehead atoms. The van der Waals surface area contributed by atoms with Crippen LogP contribution >= 0.6 is 27.5 Å². The van der Waals surface area contributed by atoms with Gasteiger partial charge in [-0.3, -0.25) is 0 Å². The van der Waals surface area contributed by atoms with Gasteiger partial charge < -0.3 is 5.32 Å². The lowest BCUT2D eigenvalue weighted by Gasteiger charge is -2.25. The van der Waals surface area contributed by atoms with E-state index in [9.17, 15) is 0 Å². The molecule has 0 aliphatic heterocycles. The molecule has 0 saturated heterocycles. The van der Waals surface area contributed by atoms with Gasteiger partial charge in [-0.2, -0.15) is 0 Å². The smallest absolute Gasteiger partial charge is 0.125 e. The highest BCUT2D eigenvalue weighted by atomic mass is 79.9. The van der Waals surface area contributed by atoms with Crippen molar-refractivity contribution in [3.8, 4) is 0 Å². The number of anilines is 1. The number of alkyl halides is 1. The van der Waals surface area contributed by atoms with Crippen molar-refractivity contribution in [3.63, 3.8) is 0 Å². The summed E-state index contributed by atoms with van der Waals surface area (Å²) in [5.74, 6) is 1.64. The maximum atomic E-state index is 6.16. The third-order valence-corrected chi connectivity index (χ3v) is 3.88. The van der Waals surface area contributed by atoms with Crippen LogP contribution in [0.25, 0.3) is 0 Å². The number of pyridine rings is 1. The fraction of sp³-hybridized carbons (Fsp3) is 0.583. The van der Waals surface area contributed by atoms with Crippen LogP contribution in [-0.4, -0.2) is 16.9 Å². The molecule has 4 heteroatoms. The summed E-state index contributed by atoms with van der Waals surface area (Å²) in [5, 5.41) is 3.75. The molecule has 0 amide bonds. The predicted molar refractivity (Wildman–Crippen MR) is 72.0 cm³/mol. The monoisotopic (exact) mass is 302 g/mol. The maximum Gasteiger partial charge on any atom is 0.125 e. The van der Waals surface area contributed by atoms with E-state index < -0.39 is 0 Å². The summed E-state index contributed by atoms with van der Waals surface area (Å²) in [5.41, 5.74) is 0. The number of rotatable bonds is 3. The van der Waals surface area contributed by atoms with Crippen LogP contribution in [0, 0.1) is 5.92 Å². The summed E-state index contributed by atoms with van der Waals surface area (Å²) in [4.78, 5) is 4.29. The van der Waals surface area contributed by atoms with Crippen LogP contribution in [0.2, 0.25) is 0 Å². The van der Waals surface area contributed by atoms with E-state index in [0.717, 1.165) is 23.3 Å². The standard InChI is InChI=1S/C12H16BrClN2/c13-10-4-5-12(16-8-10)15-7-9-2-1-3-11(14)6-9/h4-5,8-9,11H,1-3,6-7H2,(H,15,16). The van der Waals surface area contributed by atoms with Gasteiger partial charge in [-0.05, 0) is 53.2 Å². The summed E-state index contributed by atoms with van der Waals surface area (Å²) in [6.07, 6.45) is 6.66. The van der Waals surface area contributed by atoms with Gasteiger partial charge in [0.2, 0.25) is 0 Å². The molecule has 2 atom stereocenters. The highest BCUT2D eigenvalue weighted by Gasteiger charge is 2.19. The van der Waals surface area contributed by atoms with Crippen LogP contribution in [0.5, 0.6) is 0 Å². The second kappa shape index (κ2) is 5.87. The van der Waals surface area contributed by atoms with Crippen molar-refractivity contribution in [1.82, 2.24) is 4.98 Å². The zero-order valence-electron chi connectivity index (χ0n) is 9.13. The summed E-state index contributed by atoms with van der Waals surface area (Å²) in [6, 6.07) is 3.99. The van der Waals surface area contributed by atoms with Crippen LogP contribution in [-0.2, 0) is 0 Å². The molecule has 0 aromatic carbocycles. The van der Waals surface area contributed by atoms with Crippen molar-refractivity contribution in [2.24, 2.45) is 5.92 Å². The highest BCUT2D eigenvalue weighted by molar-refractivity contribution is 9.10. The van der Waals surface area contributed by atoms with Crippen LogP contribution in [0.15, 0.2) is 22.8 Å². The quantitative estimate of drug-likeness (QED) is 0.852. The number of hydrogen-bond acceptors (Lipinski definition) is 2. The largest absolute Gasteiger partial charge is 0.370 e. The molecule has 2 unspecified atom stereocenters. The second-order valence-corrected chi connectivity index (χ2v) is 5.91. The van der Waals surface area contributed by atoms with Gasteiger partial charge in [-0.1, -0.05) is 6.42 Å². The minimum absolute atomic E-state index is 0.374. The Kier molecular flexibility index (Phi) is 4.47. The number of halogens is 2. The van der Waals surface area contributed by atoms with Crippen molar-refractivity contribution >= 4 is 33.3 Å². The van der Waals surface area contributed by atoms with E-state index in [1.54, 1.807) is 0 Å². The Balaban J connectivity index is 1.80. The lowest BCUT2D eigenvalue weighted by Crippen LogP contribution is -2.22. The molecule has 2 rings (SSSR count). The predicted octanol–water partition coefficient (Wildman–Crippen LogP) is 4.05. The van der Waals surface area contributed by atoms with E-state index in [1.807, 2.05) is 18.3 Å². The summed E-state index contributed by atoms with van der Waals surface area (Å²) < 4.78 is 1.01. The molecule has 88 valence electrons. The fourth-order valence-corrected chi connectivity index (χ4v) is 2.78. The zero-order valence-corrected chi connectivity index (χ0v) is 11.5. The number of hydrogen-bond donors (Lipinski definition) is 1. The lowest BCUT2D eigenvalue weighted by molar-refractivity contribution is 0.378. The number of nitrogens with one attached hydrogen (secondary N) is 1. The first kappa shape index (κ1) is 12.2. The van der Waals surface area contributed by atoms with Crippen molar-refractivity contribution in [2.45, 2.75) is 31.1 Å². The van der Waals surface area contributed by atoms with E-state index in [1.165, 1.54) is 19.3 Å². The molecule has 1 aromatic rings. The zero-order chi connectivity index (χ0) is 11.4. The van der Waals surface area contributed by atoms with E-state index in [4.69, 9.17) is 11.6 Å². The van der Waals surface area contributed by atoms with Gasteiger partial charge in [0.15, 0.2) is 0 Å². The molecule has 0 radical (unpaired) electrons. The van der Waals surface area contributed by atoms with Crippen molar-refractivity contribution in [1.29, 1.82) is 0 Å².